The quantitative estimate of drug-likeness (QED) is 0.885. The van der Waals surface area contributed by atoms with Gasteiger partial charge in [0.25, 0.3) is 0 Å². The number of rotatable bonds is 5. The number of carbonyl (C=O) groups is 1. The van der Waals surface area contributed by atoms with Crippen LogP contribution < -0.4 is 5.32 Å². The van der Waals surface area contributed by atoms with E-state index < -0.39 is 0 Å². The lowest BCUT2D eigenvalue weighted by atomic mass is 10.2. The number of aromatic nitrogens is 2. The van der Waals surface area contributed by atoms with Gasteiger partial charge >= 0.3 is 0 Å². The van der Waals surface area contributed by atoms with Gasteiger partial charge in [-0.1, -0.05) is 13.8 Å². The lowest BCUT2D eigenvalue weighted by Crippen LogP contribution is -2.36. The van der Waals surface area contributed by atoms with E-state index in [9.17, 15) is 4.79 Å². The van der Waals surface area contributed by atoms with Gasteiger partial charge in [-0.25, -0.2) is 4.68 Å². The van der Waals surface area contributed by atoms with Crippen molar-refractivity contribution in [3.63, 3.8) is 0 Å². The summed E-state index contributed by atoms with van der Waals surface area (Å²) in [4.78, 5) is 11.7. The number of nitrogens with one attached hydrogen (secondary N) is 1. The van der Waals surface area contributed by atoms with E-state index in [-0.39, 0.29) is 18.5 Å². The third-order valence-corrected chi connectivity index (χ3v) is 3.37. The Morgan fingerprint density at radius 3 is 2.56 bits per heavy atom. The molecule has 1 aromatic rings. The topological polar surface area (TPSA) is 46.9 Å². The molecule has 0 saturated carbocycles. The van der Waals surface area contributed by atoms with Crippen LogP contribution in [0.3, 0.4) is 0 Å². The molecule has 0 saturated heterocycles. The summed E-state index contributed by atoms with van der Waals surface area (Å²) in [5.41, 5.74) is 0. The third kappa shape index (κ3) is 3.90. The summed E-state index contributed by atoms with van der Waals surface area (Å²) in [7, 11) is 0. The van der Waals surface area contributed by atoms with Gasteiger partial charge in [0.05, 0.1) is 0 Å². The largest absolute Gasteiger partial charge is 0.352 e. The van der Waals surface area contributed by atoms with Crippen LogP contribution in [0.25, 0.3) is 0 Å². The SMILES string of the molecule is CCC(CC)NC(=O)Cn1nc(Br)cc1Br. The Morgan fingerprint density at radius 2 is 2.12 bits per heavy atom. The molecule has 0 spiro atoms. The molecule has 0 atom stereocenters. The van der Waals surface area contributed by atoms with E-state index in [1.165, 1.54) is 0 Å². The molecule has 0 fully saturated rings. The van der Waals surface area contributed by atoms with Crippen molar-refractivity contribution in [2.75, 3.05) is 0 Å². The van der Waals surface area contributed by atoms with Crippen molar-refractivity contribution in [3.05, 3.63) is 15.3 Å². The summed E-state index contributed by atoms with van der Waals surface area (Å²) in [6.45, 7) is 4.37. The summed E-state index contributed by atoms with van der Waals surface area (Å²) in [5, 5.41) is 7.10. The molecular weight excluding hydrogens is 338 g/mol. The molecule has 0 bridgehead atoms. The van der Waals surface area contributed by atoms with Crippen molar-refractivity contribution in [2.45, 2.75) is 39.3 Å². The fraction of sp³-hybridized carbons (Fsp3) is 0.600. The van der Waals surface area contributed by atoms with Crippen LogP contribution in [0.2, 0.25) is 0 Å². The van der Waals surface area contributed by atoms with E-state index >= 15 is 0 Å². The van der Waals surface area contributed by atoms with Crippen LogP contribution in [0.15, 0.2) is 15.3 Å². The predicted molar refractivity (Wildman–Crippen MR) is 70.1 cm³/mol. The summed E-state index contributed by atoms with van der Waals surface area (Å²) in [6.07, 6.45) is 1.90. The highest BCUT2D eigenvalue weighted by atomic mass is 79.9. The minimum Gasteiger partial charge on any atom is -0.352 e. The zero-order chi connectivity index (χ0) is 12.1. The molecule has 0 aliphatic heterocycles. The van der Waals surface area contributed by atoms with Crippen molar-refractivity contribution in [1.82, 2.24) is 15.1 Å². The van der Waals surface area contributed by atoms with Gasteiger partial charge in [-0.2, -0.15) is 5.10 Å². The molecule has 0 aromatic carbocycles. The number of nitrogens with zero attached hydrogens (tertiary/aromatic N) is 2. The Morgan fingerprint density at radius 1 is 1.50 bits per heavy atom. The molecule has 0 aliphatic rings. The van der Waals surface area contributed by atoms with Crippen LogP contribution in [0.5, 0.6) is 0 Å². The zero-order valence-electron chi connectivity index (χ0n) is 9.33. The van der Waals surface area contributed by atoms with Gasteiger partial charge < -0.3 is 5.32 Å². The van der Waals surface area contributed by atoms with Crippen molar-refractivity contribution in [2.24, 2.45) is 0 Å². The molecule has 0 unspecified atom stereocenters. The van der Waals surface area contributed by atoms with Gasteiger partial charge in [-0.05, 0) is 44.7 Å². The number of halogens is 2. The van der Waals surface area contributed by atoms with E-state index in [2.05, 4.69) is 56.1 Å². The van der Waals surface area contributed by atoms with Crippen LogP contribution in [0.4, 0.5) is 0 Å². The molecule has 0 aliphatic carbocycles. The van der Waals surface area contributed by atoms with Crippen molar-refractivity contribution < 1.29 is 4.79 Å². The first-order chi connectivity index (χ1) is 7.56. The Bertz CT molecular complexity index is 361. The summed E-state index contributed by atoms with van der Waals surface area (Å²) >= 11 is 6.59. The van der Waals surface area contributed by atoms with Gasteiger partial charge in [-0.3, -0.25) is 4.79 Å². The highest BCUT2D eigenvalue weighted by molar-refractivity contribution is 9.11. The predicted octanol–water partition coefficient (Wildman–Crippen LogP) is 2.71. The molecular formula is C10H15Br2N3O. The molecule has 4 nitrogen and oxygen atoms in total. The maximum Gasteiger partial charge on any atom is 0.241 e. The second-order valence-corrected chi connectivity index (χ2v) is 5.15. The molecule has 6 heteroatoms. The van der Waals surface area contributed by atoms with Gasteiger partial charge in [0, 0.05) is 12.1 Å². The Labute approximate surface area is 112 Å². The van der Waals surface area contributed by atoms with Gasteiger partial charge in [0.15, 0.2) is 0 Å². The Hall–Kier alpha value is -0.360. The number of hydrogen-bond donors (Lipinski definition) is 1. The molecule has 90 valence electrons. The molecule has 1 heterocycles. The van der Waals surface area contributed by atoms with Crippen LogP contribution in [0.1, 0.15) is 26.7 Å². The van der Waals surface area contributed by atoms with Gasteiger partial charge in [-0.15, -0.1) is 0 Å². The maximum absolute atomic E-state index is 11.7. The fourth-order valence-corrected chi connectivity index (χ4v) is 2.51. The number of carbonyl (C=O) groups excluding carboxylic acids is 1. The van der Waals surface area contributed by atoms with Crippen molar-refractivity contribution >= 4 is 37.8 Å². The average Bonchev–Trinajstić information content (AvgIpc) is 2.54. The van der Waals surface area contributed by atoms with Crippen molar-refractivity contribution in [3.8, 4) is 0 Å². The molecule has 0 radical (unpaired) electrons. The second kappa shape index (κ2) is 6.39. The monoisotopic (exact) mass is 351 g/mol. The standard InChI is InChI=1S/C10H15Br2N3O/c1-3-7(4-2)13-10(16)6-15-9(12)5-8(11)14-15/h5,7H,3-4,6H2,1-2H3,(H,13,16). The van der Waals surface area contributed by atoms with E-state index in [0.29, 0.717) is 0 Å². The van der Waals surface area contributed by atoms with E-state index in [1.807, 2.05) is 6.07 Å². The molecule has 1 N–H and O–H groups in total. The Kier molecular flexibility index (Phi) is 5.48. The first kappa shape index (κ1) is 13.7. The number of hydrogen-bond acceptors (Lipinski definition) is 2. The maximum atomic E-state index is 11.7. The van der Waals surface area contributed by atoms with E-state index in [0.717, 1.165) is 22.0 Å². The first-order valence-electron chi connectivity index (χ1n) is 5.25. The smallest absolute Gasteiger partial charge is 0.241 e. The van der Waals surface area contributed by atoms with Crippen LogP contribution in [0, 0.1) is 0 Å². The summed E-state index contributed by atoms with van der Waals surface area (Å²) in [5.74, 6) is -0.00926. The highest BCUT2D eigenvalue weighted by Crippen LogP contribution is 2.15. The minimum atomic E-state index is -0.00926. The second-order valence-electron chi connectivity index (χ2n) is 3.53. The molecule has 1 aromatic heterocycles. The van der Waals surface area contributed by atoms with Crippen molar-refractivity contribution in [1.29, 1.82) is 0 Å². The minimum absolute atomic E-state index is 0.00926. The summed E-state index contributed by atoms with van der Waals surface area (Å²) in [6, 6.07) is 2.06. The molecule has 1 rings (SSSR count). The lowest BCUT2D eigenvalue weighted by Gasteiger charge is -2.14. The van der Waals surface area contributed by atoms with Gasteiger partial charge in [0.1, 0.15) is 15.8 Å². The first-order valence-corrected chi connectivity index (χ1v) is 6.83. The van der Waals surface area contributed by atoms with E-state index in [1.54, 1.807) is 4.68 Å². The van der Waals surface area contributed by atoms with Crippen LogP contribution in [-0.2, 0) is 11.3 Å². The lowest BCUT2D eigenvalue weighted by molar-refractivity contribution is -0.122. The third-order valence-electron chi connectivity index (χ3n) is 2.35. The normalized spacial score (nSPS) is 10.8. The summed E-state index contributed by atoms with van der Waals surface area (Å²) < 4.78 is 3.12. The average molecular weight is 353 g/mol. The fourth-order valence-electron chi connectivity index (χ4n) is 1.38. The molecule has 16 heavy (non-hydrogen) atoms. The van der Waals surface area contributed by atoms with Crippen LogP contribution >= 0.6 is 31.9 Å². The molecule has 1 amide bonds. The van der Waals surface area contributed by atoms with Gasteiger partial charge in [0.2, 0.25) is 5.91 Å². The Balaban J connectivity index is 2.54. The zero-order valence-corrected chi connectivity index (χ0v) is 12.5. The number of amides is 1. The van der Waals surface area contributed by atoms with Crippen LogP contribution in [-0.4, -0.2) is 21.7 Å². The highest BCUT2D eigenvalue weighted by Gasteiger charge is 2.11. The van der Waals surface area contributed by atoms with E-state index in [4.69, 9.17) is 0 Å².